The van der Waals surface area contributed by atoms with Crippen LogP contribution in [-0.2, 0) is 9.53 Å². The summed E-state index contributed by atoms with van der Waals surface area (Å²) in [6.07, 6.45) is 13.0. The molecule has 0 N–H and O–H groups in total. The third kappa shape index (κ3) is 3.87. The van der Waals surface area contributed by atoms with E-state index in [9.17, 15) is 4.79 Å². The van der Waals surface area contributed by atoms with Crippen molar-refractivity contribution in [3.05, 3.63) is 36.5 Å². The standard InChI is InChI=1S/C18H24O2/c1-7-9-10-11-14(8-2)20-17(19)16-15(12-13(3)4)18(16,5)6/h2,7,10-12,14-16H,1,9H2,3-6H3. The van der Waals surface area contributed by atoms with E-state index in [1.165, 1.54) is 5.57 Å². The van der Waals surface area contributed by atoms with Gasteiger partial charge in [-0.2, -0.15) is 0 Å². The predicted octanol–water partition coefficient (Wildman–Crippen LogP) is 3.90. The normalized spacial score (nSPS) is 24.6. The first-order valence-electron chi connectivity index (χ1n) is 6.93. The molecule has 1 fully saturated rings. The molecule has 0 radical (unpaired) electrons. The Labute approximate surface area is 122 Å². The molecule has 0 heterocycles. The quantitative estimate of drug-likeness (QED) is 0.416. The maximum Gasteiger partial charge on any atom is 0.311 e. The Kier molecular flexibility index (Phi) is 5.39. The lowest BCUT2D eigenvalue weighted by atomic mass is 10.1. The molecule has 0 aromatic heterocycles. The fourth-order valence-electron chi connectivity index (χ4n) is 2.42. The highest BCUT2D eigenvalue weighted by molar-refractivity contribution is 5.78. The fraction of sp³-hybridized carbons (Fsp3) is 0.500. The van der Waals surface area contributed by atoms with E-state index in [-0.39, 0.29) is 23.2 Å². The third-order valence-corrected chi connectivity index (χ3v) is 3.70. The molecular weight excluding hydrogens is 248 g/mol. The molecule has 0 bridgehead atoms. The molecule has 0 saturated heterocycles. The molecule has 3 atom stereocenters. The van der Waals surface area contributed by atoms with Crippen LogP contribution in [0.25, 0.3) is 0 Å². The maximum atomic E-state index is 12.2. The van der Waals surface area contributed by atoms with Crippen molar-refractivity contribution in [1.29, 1.82) is 0 Å². The molecule has 0 aliphatic heterocycles. The number of esters is 1. The van der Waals surface area contributed by atoms with E-state index in [1.807, 2.05) is 19.9 Å². The van der Waals surface area contributed by atoms with Gasteiger partial charge in [0, 0.05) is 0 Å². The van der Waals surface area contributed by atoms with Gasteiger partial charge in [-0.1, -0.05) is 43.6 Å². The van der Waals surface area contributed by atoms with Crippen LogP contribution >= 0.6 is 0 Å². The van der Waals surface area contributed by atoms with Gasteiger partial charge in [-0.25, -0.2) is 0 Å². The smallest absolute Gasteiger partial charge is 0.311 e. The second-order valence-electron chi connectivity index (χ2n) is 6.05. The van der Waals surface area contributed by atoms with E-state index in [4.69, 9.17) is 11.2 Å². The average molecular weight is 272 g/mol. The lowest BCUT2D eigenvalue weighted by molar-refractivity contribution is -0.147. The first-order valence-corrected chi connectivity index (χ1v) is 6.93. The molecule has 0 aromatic rings. The lowest BCUT2D eigenvalue weighted by Gasteiger charge is -2.09. The molecule has 2 heteroatoms. The summed E-state index contributed by atoms with van der Waals surface area (Å²) in [5.74, 6) is 2.42. The molecule has 2 nitrogen and oxygen atoms in total. The molecule has 3 unspecified atom stereocenters. The minimum atomic E-state index is -0.591. The van der Waals surface area contributed by atoms with Crippen LogP contribution in [0, 0.1) is 29.6 Å². The summed E-state index contributed by atoms with van der Waals surface area (Å²) >= 11 is 0. The molecule has 0 spiro atoms. The Morgan fingerprint density at radius 2 is 2.15 bits per heavy atom. The molecule has 1 aliphatic carbocycles. The highest BCUT2D eigenvalue weighted by Gasteiger charge is 2.61. The van der Waals surface area contributed by atoms with Crippen molar-refractivity contribution in [3.63, 3.8) is 0 Å². The van der Waals surface area contributed by atoms with Gasteiger partial charge in [-0.3, -0.25) is 4.79 Å². The second-order valence-corrected chi connectivity index (χ2v) is 6.05. The summed E-state index contributed by atoms with van der Waals surface area (Å²) in [7, 11) is 0. The summed E-state index contributed by atoms with van der Waals surface area (Å²) in [5.41, 5.74) is 1.18. The number of terminal acetylenes is 1. The van der Waals surface area contributed by atoms with Gasteiger partial charge in [0.05, 0.1) is 5.92 Å². The van der Waals surface area contributed by atoms with Crippen LogP contribution in [0.3, 0.4) is 0 Å². The van der Waals surface area contributed by atoms with E-state index >= 15 is 0 Å². The van der Waals surface area contributed by atoms with Crippen LogP contribution < -0.4 is 0 Å². The fourth-order valence-corrected chi connectivity index (χ4v) is 2.42. The summed E-state index contributed by atoms with van der Waals surface area (Å²) in [6.45, 7) is 11.9. The van der Waals surface area contributed by atoms with E-state index in [0.717, 1.165) is 0 Å². The predicted molar refractivity (Wildman–Crippen MR) is 82.9 cm³/mol. The largest absolute Gasteiger partial charge is 0.445 e. The summed E-state index contributed by atoms with van der Waals surface area (Å²) in [5, 5.41) is 0. The number of rotatable bonds is 6. The van der Waals surface area contributed by atoms with Crippen LogP contribution in [0.2, 0.25) is 0 Å². The van der Waals surface area contributed by atoms with E-state index < -0.39 is 6.10 Å². The average Bonchev–Trinajstić information content (AvgIpc) is 2.88. The number of hydrogen-bond donors (Lipinski definition) is 0. The molecule has 20 heavy (non-hydrogen) atoms. The van der Waals surface area contributed by atoms with Crippen molar-refractivity contribution >= 4 is 5.97 Å². The molecular formula is C18H24O2. The number of hydrogen-bond acceptors (Lipinski definition) is 2. The molecule has 1 saturated carbocycles. The van der Waals surface area contributed by atoms with E-state index in [1.54, 1.807) is 12.2 Å². The van der Waals surface area contributed by atoms with Crippen LogP contribution in [-0.4, -0.2) is 12.1 Å². The topological polar surface area (TPSA) is 26.3 Å². The monoisotopic (exact) mass is 272 g/mol. The zero-order chi connectivity index (χ0) is 15.3. The van der Waals surface area contributed by atoms with E-state index in [2.05, 4.69) is 32.4 Å². The highest BCUT2D eigenvalue weighted by atomic mass is 16.5. The van der Waals surface area contributed by atoms with Gasteiger partial charge in [0.1, 0.15) is 0 Å². The van der Waals surface area contributed by atoms with Crippen LogP contribution in [0.5, 0.6) is 0 Å². The van der Waals surface area contributed by atoms with Gasteiger partial charge in [-0.15, -0.1) is 13.0 Å². The Morgan fingerprint density at radius 1 is 1.50 bits per heavy atom. The van der Waals surface area contributed by atoms with Gasteiger partial charge < -0.3 is 4.74 Å². The molecule has 1 aliphatic rings. The van der Waals surface area contributed by atoms with Crippen LogP contribution in [0.1, 0.15) is 34.1 Å². The zero-order valence-corrected chi connectivity index (χ0v) is 12.8. The van der Waals surface area contributed by atoms with Crippen molar-refractivity contribution < 1.29 is 9.53 Å². The van der Waals surface area contributed by atoms with Crippen molar-refractivity contribution in [2.75, 3.05) is 0 Å². The Bertz CT molecular complexity index is 470. The van der Waals surface area contributed by atoms with Crippen LogP contribution in [0.4, 0.5) is 0 Å². The third-order valence-electron chi connectivity index (χ3n) is 3.70. The maximum absolute atomic E-state index is 12.2. The van der Waals surface area contributed by atoms with Crippen molar-refractivity contribution in [1.82, 2.24) is 0 Å². The first-order chi connectivity index (χ1) is 9.34. The lowest BCUT2D eigenvalue weighted by Crippen LogP contribution is -2.17. The van der Waals surface area contributed by atoms with Crippen molar-refractivity contribution in [3.8, 4) is 12.3 Å². The number of carbonyl (C=O) groups is 1. The van der Waals surface area contributed by atoms with Gasteiger partial charge in [0.15, 0.2) is 6.10 Å². The zero-order valence-electron chi connectivity index (χ0n) is 12.8. The van der Waals surface area contributed by atoms with Gasteiger partial charge >= 0.3 is 5.97 Å². The first kappa shape index (κ1) is 16.3. The summed E-state index contributed by atoms with van der Waals surface area (Å²) in [4.78, 5) is 12.2. The molecule has 108 valence electrons. The summed E-state index contributed by atoms with van der Waals surface area (Å²) < 4.78 is 5.39. The Hall–Kier alpha value is -1.75. The Balaban J connectivity index is 2.66. The van der Waals surface area contributed by atoms with Gasteiger partial charge in [0.2, 0.25) is 0 Å². The van der Waals surface area contributed by atoms with Gasteiger partial charge in [0.25, 0.3) is 0 Å². The minimum Gasteiger partial charge on any atom is -0.445 e. The van der Waals surface area contributed by atoms with Crippen molar-refractivity contribution in [2.24, 2.45) is 17.3 Å². The molecule has 0 amide bonds. The Morgan fingerprint density at radius 3 is 2.65 bits per heavy atom. The van der Waals surface area contributed by atoms with Crippen molar-refractivity contribution in [2.45, 2.75) is 40.2 Å². The molecule has 0 aromatic carbocycles. The summed E-state index contributed by atoms with van der Waals surface area (Å²) in [6, 6.07) is 0. The van der Waals surface area contributed by atoms with E-state index in [0.29, 0.717) is 6.42 Å². The second kappa shape index (κ2) is 6.61. The highest BCUT2D eigenvalue weighted by Crippen LogP contribution is 2.59. The number of allylic oxidation sites excluding steroid dienone is 4. The van der Waals surface area contributed by atoms with Gasteiger partial charge in [-0.05, 0) is 37.7 Å². The minimum absolute atomic E-state index is 0.0433. The number of carbonyl (C=O) groups excluding carboxylic acids is 1. The molecule has 1 rings (SSSR count). The SMILES string of the molecule is C#CC(C=CCC=C)OC(=O)C1C(C=C(C)C)C1(C)C. The number of ether oxygens (including phenoxy) is 1. The van der Waals surface area contributed by atoms with Crippen LogP contribution in [0.15, 0.2) is 36.5 Å².